The Balaban J connectivity index is 1.07. The normalized spacial score (nSPS) is 11.5. The molecule has 0 aliphatic rings. The molecule has 0 bridgehead atoms. The first-order valence-corrected chi connectivity index (χ1v) is 22.3. The maximum Gasteiger partial charge on any atom is 0.0541 e. The van der Waals surface area contributed by atoms with Gasteiger partial charge in [-0.05, 0) is 136 Å². The number of rotatable bonds is 8. The Hall–Kier alpha value is -7.98. The van der Waals surface area contributed by atoms with Crippen LogP contribution in [-0.4, -0.2) is 4.57 Å². The van der Waals surface area contributed by atoms with Crippen molar-refractivity contribution in [3.8, 4) is 50.2 Å². The van der Waals surface area contributed by atoms with Gasteiger partial charge in [0.2, 0.25) is 0 Å². The van der Waals surface area contributed by atoms with E-state index >= 15 is 0 Å². The second-order valence-corrected chi connectivity index (χ2v) is 17.2. The number of nitrogens with zero attached hydrogens (tertiary/aromatic N) is 2. The van der Waals surface area contributed by atoms with E-state index in [1.54, 1.807) is 0 Å². The highest BCUT2D eigenvalue weighted by atomic mass is 32.1. The third-order valence-electron chi connectivity index (χ3n) is 12.4. The van der Waals surface area contributed by atoms with Gasteiger partial charge in [-0.15, -0.1) is 11.3 Å². The van der Waals surface area contributed by atoms with E-state index in [-0.39, 0.29) is 0 Å². The molecule has 0 amide bonds. The predicted octanol–water partition coefficient (Wildman–Crippen LogP) is 17.3. The van der Waals surface area contributed by atoms with Gasteiger partial charge in [-0.25, -0.2) is 0 Å². The summed E-state index contributed by atoms with van der Waals surface area (Å²) < 4.78 is 5.00. The lowest BCUT2D eigenvalue weighted by Gasteiger charge is -2.27. The van der Waals surface area contributed by atoms with Gasteiger partial charge >= 0.3 is 0 Å². The zero-order chi connectivity index (χ0) is 41.7. The van der Waals surface area contributed by atoms with Crippen molar-refractivity contribution < 1.29 is 0 Å². The van der Waals surface area contributed by atoms with Crippen LogP contribution in [0.4, 0.5) is 17.1 Å². The molecule has 10 aromatic carbocycles. The first kappa shape index (κ1) is 36.8. The average Bonchev–Trinajstić information content (AvgIpc) is 3.90. The number of anilines is 3. The molecule has 12 aromatic rings. The van der Waals surface area contributed by atoms with Crippen LogP contribution in [0.3, 0.4) is 0 Å². The maximum atomic E-state index is 2.41. The molecule has 0 unspecified atom stereocenters. The Bertz CT molecular complexity index is 3500. The molecule has 296 valence electrons. The molecule has 0 saturated heterocycles. The van der Waals surface area contributed by atoms with E-state index in [1.165, 1.54) is 80.9 Å². The lowest BCUT2D eigenvalue weighted by atomic mass is 9.95. The summed E-state index contributed by atoms with van der Waals surface area (Å²) in [6, 6.07) is 88.6. The van der Waals surface area contributed by atoms with Crippen molar-refractivity contribution in [2.75, 3.05) is 4.90 Å². The number of hydrogen-bond acceptors (Lipinski definition) is 2. The van der Waals surface area contributed by atoms with Crippen molar-refractivity contribution in [2.45, 2.75) is 0 Å². The van der Waals surface area contributed by atoms with Crippen LogP contribution in [0, 0.1) is 0 Å². The molecular formula is C60H40N2S. The highest BCUT2D eigenvalue weighted by Gasteiger charge is 2.19. The summed E-state index contributed by atoms with van der Waals surface area (Å²) in [6.07, 6.45) is 0. The Morgan fingerprint density at radius 2 is 0.730 bits per heavy atom. The van der Waals surface area contributed by atoms with Crippen LogP contribution < -0.4 is 4.90 Å². The Kier molecular flexibility index (Phi) is 9.06. The van der Waals surface area contributed by atoms with Gasteiger partial charge in [-0.2, -0.15) is 0 Å². The molecule has 63 heavy (non-hydrogen) atoms. The van der Waals surface area contributed by atoms with Gasteiger partial charge in [0.1, 0.15) is 0 Å². The van der Waals surface area contributed by atoms with E-state index in [2.05, 4.69) is 252 Å². The number of fused-ring (bicyclic) bond motifs is 6. The third-order valence-corrected chi connectivity index (χ3v) is 13.5. The van der Waals surface area contributed by atoms with E-state index in [0.717, 1.165) is 28.3 Å². The monoisotopic (exact) mass is 820 g/mol. The van der Waals surface area contributed by atoms with Crippen molar-refractivity contribution in [1.82, 2.24) is 4.57 Å². The third kappa shape index (κ3) is 6.67. The van der Waals surface area contributed by atoms with Crippen molar-refractivity contribution in [1.29, 1.82) is 0 Å². The smallest absolute Gasteiger partial charge is 0.0541 e. The number of hydrogen-bond donors (Lipinski definition) is 0. The Labute approximate surface area is 370 Å². The zero-order valence-electron chi connectivity index (χ0n) is 34.4. The summed E-state index contributed by atoms with van der Waals surface area (Å²) >= 11 is 1.86. The molecule has 0 aliphatic carbocycles. The maximum absolute atomic E-state index is 2.41. The van der Waals surface area contributed by atoms with Gasteiger partial charge in [0, 0.05) is 53.7 Å². The predicted molar refractivity (Wildman–Crippen MR) is 270 cm³/mol. The molecule has 0 radical (unpaired) electrons. The number of aromatic nitrogens is 1. The first-order chi connectivity index (χ1) is 31.2. The van der Waals surface area contributed by atoms with E-state index in [4.69, 9.17) is 0 Å². The highest BCUT2D eigenvalue weighted by Crippen LogP contribution is 2.44. The summed E-state index contributed by atoms with van der Waals surface area (Å²) in [4.78, 5) is 2.41. The molecule has 12 rings (SSSR count). The molecule has 0 spiro atoms. The molecule has 0 saturated carbocycles. The molecular weight excluding hydrogens is 781 g/mol. The second-order valence-electron chi connectivity index (χ2n) is 16.2. The van der Waals surface area contributed by atoms with Crippen molar-refractivity contribution in [2.24, 2.45) is 0 Å². The largest absolute Gasteiger partial charge is 0.310 e. The minimum Gasteiger partial charge on any atom is -0.310 e. The molecule has 0 aliphatic heterocycles. The van der Waals surface area contributed by atoms with Crippen LogP contribution >= 0.6 is 11.3 Å². The second kappa shape index (κ2) is 15.5. The van der Waals surface area contributed by atoms with Crippen LogP contribution in [-0.2, 0) is 0 Å². The van der Waals surface area contributed by atoms with Gasteiger partial charge in [-0.3, -0.25) is 0 Å². The van der Waals surface area contributed by atoms with Gasteiger partial charge < -0.3 is 9.47 Å². The topological polar surface area (TPSA) is 8.17 Å². The Morgan fingerprint density at radius 3 is 1.37 bits per heavy atom. The lowest BCUT2D eigenvalue weighted by Crippen LogP contribution is -2.10. The Morgan fingerprint density at radius 1 is 0.270 bits per heavy atom. The summed E-state index contributed by atoms with van der Waals surface area (Å²) in [5, 5.41) is 5.06. The SMILES string of the molecule is c1ccc(-c2ccc(N(c3ccc(-c4ccccc4)cc3)c3cc(-c4ccc5sc6ccccc6c5c4)cc(-c4ccc5c(c4)c4ccccc4n5-c4ccccc4)c3)cc2)cc1. The minimum atomic E-state index is 1.09. The van der Waals surface area contributed by atoms with Gasteiger partial charge in [0.25, 0.3) is 0 Å². The van der Waals surface area contributed by atoms with E-state index in [0.29, 0.717) is 0 Å². The molecule has 0 atom stereocenters. The summed E-state index contributed by atoms with van der Waals surface area (Å²) in [6.45, 7) is 0. The average molecular weight is 821 g/mol. The van der Waals surface area contributed by atoms with Crippen molar-refractivity contribution in [3.63, 3.8) is 0 Å². The van der Waals surface area contributed by atoms with Crippen molar-refractivity contribution >= 4 is 70.4 Å². The standard InChI is InChI=1S/C60H40N2S/c1-4-14-41(15-5-1)43-24-30-50(31-25-43)61(51-32-26-44(27-33-51)42-16-6-2-7-17-42)52-37-47(36-48(38-52)46-29-35-60-56(40-46)54-21-11-13-23-59(54)63-60)45-28-34-58-55(39-45)53-20-10-12-22-57(53)62(58)49-18-8-3-9-19-49/h1-40H. The van der Waals surface area contributed by atoms with Crippen LogP contribution in [0.1, 0.15) is 0 Å². The molecule has 2 aromatic heterocycles. The fourth-order valence-corrected chi connectivity index (χ4v) is 10.4. The van der Waals surface area contributed by atoms with Crippen LogP contribution in [0.15, 0.2) is 243 Å². The van der Waals surface area contributed by atoms with Crippen LogP contribution in [0.25, 0.3) is 92.2 Å². The first-order valence-electron chi connectivity index (χ1n) is 21.5. The fourth-order valence-electron chi connectivity index (χ4n) is 9.30. The molecule has 0 N–H and O–H groups in total. The van der Waals surface area contributed by atoms with Crippen molar-refractivity contribution in [3.05, 3.63) is 243 Å². The number of thiophene rings is 1. The van der Waals surface area contributed by atoms with E-state index in [1.807, 2.05) is 11.3 Å². The van der Waals surface area contributed by atoms with E-state index in [9.17, 15) is 0 Å². The molecule has 2 heterocycles. The fraction of sp³-hybridized carbons (Fsp3) is 0. The number of benzene rings is 10. The van der Waals surface area contributed by atoms with Crippen LogP contribution in [0.2, 0.25) is 0 Å². The van der Waals surface area contributed by atoms with Gasteiger partial charge in [-0.1, -0.05) is 152 Å². The van der Waals surface area contributed by atoms with E-state index < -0.39 is 0 Å². The van der Waals surface area contributed by atoms with Crippen LogP contribution in [0.5, 0.6) is 0 Å². The summed E-state index contributed by atoms with van der Waals surface area (Å²) in [5.41, 5.74) is 16.3. The summed E-state index contributed by atoms with van der Waals surface area (Å²) in [5.74, 6) is 0. The lowest BCUT2D eigenvalue weighted by molar-refractivity contribution is 1.18. The summed E-state index contributed by atoms with van der Waals surface area (Å²) in [7, 11) is 0. The molecule has 3 heteroatoms. The number of para-hydroxylation sites is 2. The molecule has 0 fully saturated rings. The molecule has 2 nitrogen and oxygen atoms in total. The zero-order valence-corrected chi connectivity index (χ0v) is 35.2. The quantitative estimate of drug-likeness (QED) is 0.148. The van der Waals surface area contributed by atoms with Gasteiger partial charge in [0.15, 0.2) is 0 Å². The van der Waals surface area contributed by atoms with Gasteiger partial charge in [0.05, 0.1) is 11.0 Å². The highest BCUT2D eigenvalue weighted by molar-refractivity contribution is 7.25. The minimum absolute atomic E-state index is 1.09.